The van der Waals surface area contributed by atoms with E-state index in [1.807, 2.05) is 20.8 Å². The van der Waals surface area contributed by atoms with E-state index < -0.39 is 0 Å². The highest BCUT2D eigenvalue weighted by atomic mass is 32.2. The number of furan rings is 1. The fourth-order valence-corrected chi connectivity index (χ4v) is 4.79. The van der Waals surface area contributed by atoms with E-state index in [9.17, 15) is 9.59 Å². The van der Waals surface area contributed by atoms with Gasteiger partial charge in [-0.3, -0.25) is 14.2 Å². The van der Waals surface area contributed by atoms with Gasteiger partial charge in [-0.1, -0.05) is 11.8 Å². The summed E-state index contributed by atoms with van der Waals surface area (Å²) in [7, 11) is 0. The molecular weight excluding hydrogens is 410 g/mol. The molecule has 1 N–H and O–H groups in total. The highest BCUT2D eigenvalue weighted by Gasteiger charge is 2.17. The van der Waals surface area contributed by atoms with Crippen molar-refractivity contribution in [2.45, 2.75) is 45.4 Å². The summed E-state index contributed by atoms with van der Waals surface area (Å²) in [5.74, 6) is 0.730. The molecule has 156 valence electrons. The van der Waals surface area contributed by atoms with Gasteiger partial charge < -0.3 is 14.5 Å². The third-order valence-electron chi connectivity index (χ3n) is 4.50. The highest BCUT2D eigenvalue weighted by Crippen LogP contribution is 2.28. The summed E-state index contributed by atoms with van der Waals surface area (Å²) in [6.07, 6.45) is 2.28. The number of amides is 1. The maximum atomic E-state index is 13.1. The van der Waals surface area contributed by atoms with Crippen LogP contribution in [0.1, 0.15) is 29.5 Å². The lowest BCUT2D eigenvalue weighted by atomic mass is 10.2. The number of carbonyl (C=O) groups excluding carboxylic acids is 1. The van der Waals surface area contributed by atoms with E-state index in [-0.39, 0.29) is 17.2 Å². The molecule has 0 aromatic carbocycles. The zero-order valence-electron chi connectivity index (χ0n) is 16.8. The van der Waals surface area contributed by atoms with Crippen LogP contribution in [0, 0.1) is 13.8 Å². The molecule has 1 amide bonds. The minimum atomic E-state index is -0.139. The van der Waals surface area contributed by atoms with Crippen molar-refractivity contribution in [1.29, 1.82) is 0 Å². The summed E-state index contributed by atoms with van der Waals surface area (Å²) >= 11 is 2.79. The van der Waals surface area contributed by atoms with Crippen LogP contribution in [0.2, 0.25) is 0 Å². The average molecular weight is 436 g/mol. The van der Waals surface area contributed by atoms with Gasteiger partial charge in [-0.05, 0) is 44.9 Å². The molecule has 3 aromatic rings. The standard InChI is InChI=1S/C20H25N3O4S2/c1-4-26-9-6-8-23-19(25)17-13(2)14(3)29-18(17)22-20(23)28-12-16(24)21-11-15-7-5-10-27-15/h5,7,10H,4,6,8-9,11-12H2,1-3H3,(H,21,24). The maximum Gasteiger partial charge on any atom is 0.263 e. The molecule has 0 bridgehead atoms. The summed E-state index contributed by atoms with van der Waals surface area (Å²) in [4.78, 5) is 31.9. The smallest absolute Gasteiger partial charge is 0.263 e. The number of carbonyl (C=O) groups is 1. The predicted molar refractivity (Wildman–Crippen MR) is 116 cm³/mol. The number of hydrogen-bond acceptors (Lipinski definition) is 7. The van der Waals surface area contributed by atoms with Gasteiger partial charge in [0.15, 0.2) is 5.16 Å². The SMILES string of the molecule is CCOCCCn1c(SCC(=O)NCc2ccco2)nc2sc(C)c(C)c2c1=O. The number of nitrogens with zero attached hydrogens (tertiary/aromatic N) is 2. The van der Waals surface area contributed by atoms with Crippen molar-refractivity contribution in [3.05, 3.63) is 45.0 Å². The minimum Gasteiger partial charge on any atom is -0.467 e. The van der Waals surface area contributed by atoms with E-state index in [4.69, 9.17) is 14.1 Å². The lowest BCUT2D eigenvalue weighted by molar-refractivity contribution is -0.118. The molecule has 0 saturated heterocycles. The molecule has 0 atom stereocenters. The van der Waals surface area contributed by atoms with Crippen molar-refractivity contribution >= 4 is 39.2 Å². The van der Waals surface area contributed by atoms with Crippen LogP contribution in [-0.2, 0) is 22.6 Å². The van der Waals surface area contributed by atoms with Gasteiger partial charge in [0.2, 0.25) is 5.91 Å². The van der Waals surface area contributed by atoms with Crippen molar-refractivity contribution in [3.8, 4) is 0 Å². The highest BCUT2D eigenvalue weighted by molar-refractivity contribution is 7.99. The summed E-state index contributed by atoms with van der Waals surface area (Å²) in [5, 5.41) is 4.05. The van der Waals surface area contributed by atoms with Gasteiger partial charge in [0.25, 0.3) is 5.56 Å². The van der Waals surface area contributed by atoms with Crippen LogP contribution >= 0.6 is 23.1 Å². The molecule has 0 radical (unpaired) electrons. The molecule has 0 aliphatic heterocycles. The number of rotatable bonds is 10. The summed E-state index contributed by atoms with van der Waals surface area (Å²) in [6, 6.07) is 3.59. The van der Waals surface area contributed by atoms with Crippen molar-refractivity contribution in [3.63, 3.8) is 0 Å². The molecule has 0 unspecified atom stereocenters. The number of nitrogens with one attached hydrogen (secondary N) is 1. The van der Waals surface area contributed by atoms with Crippen LogP contribution in [0.15, 0.2) is 32.8 Å². The molecule has 29 heavy (non-hydrogen) atoms. The van der Waals surface area contributed by atoms with Gasteiger partial charge in [-0.25, -0.2) is 4.98 Å². The Labute approximate surface area is 177 Å². The number of ether oxygens (including phenoxy) is 1. The van der Waals surface area contributed by atoms with Crippen LogP contribution in [0.25, 0.3) is 10.2 Å². The third-order valence-corrected chi connectivity index (χ3v) is 6.58. The minimum absolute atomic E-state index is 0.0492. The first-order chi connectivity index (χ1) is 14.0. The number of thioether (sulfide) groups is 1. The fourth-order valence-electron chi connectivity index (χ4n) is 2.87. The first kappa shape index (κ1) is 21.6. The average Bonchev–Trinajstić information content (AvgIpc) is 3.32. The zero-order valence-corrected chi connectivity index (χ0v) is 18.5. The Bertz CT molecular complexity index is 1020. The first-order valence-electron chi connectivity index (χ1n) is 9.51. The number of fused-ring (bicyclic) bond motifs is 1. The van der Waals surface area contributed by atoms with Gasteiger partial charge >= 0.3 is 0 Å². The van der Waals surface area contributed by atoms with E-state index in [0.29, 0.717) is 49.0 Å². The molecule has 3 heterocycles. The Morgan fingerprint density at radius 2 is 2.24 bits per heavy atom. The molecule has 0 fully saturated rings. The molecule has 7 nitrogen and oxygen atoms in total. The van der Waals surface area contributed by atoms with Crippen LogP contribution in [0.5, 0.6) is 0 Å². The van der Waals surface area contributed by atoms with Gasteiger partial charge in [0.1, 0.15) is 10.6 Å². The number of aromatic nitrogens is 2. The Morgan fingerprint density at radius 1 is 1.41 bits per heavy atom. The predicted octanol–water partition coefficient (Wildman–Crippen LogP) is 3.50. The molecule has 9 heteroatoms. The van der Waals surface area contributed by atoms with Gasteiger partial charge in [-0.15, -0.1) is 11.3 Å². The van der Waals surface area contributed by atoms with Crippen molar-refractivity contribution in [1.82, 2.24) is 14.9 Å². The Kier molecular flexibility index (Phi) is 7.51. The van der Waals surface area contributed by atoms with E-state index in [1.165, 1.54) is 23.1 Å². The van der Waals surface area contributed by atoms with Crippen molar-refractivity contribution < 1.29 is 13.9 Å². The van der Waals surface area contributed by atoms with E-state index >= 15 is 0 Å². The molecule has 0 spiro atoms. The second-order valence-corrected chi connectivity index (χ2v) is 8.66. The van der Waals surface area contributed by atoms with Gasteiger partial charge in [0.05, 0.1) is 23.9 Å². The largest absolute Gasteiger partial charge is 0.467 e. The molecule has 0 saturated carbocycles. The number of thiophene rings is 1. The maximum absolute atomic E-state index is 13.1. The van der Waals surface area contributed by atoms with Crippen LogP contribution in [0.3, 0.4) is 0 Å². The second kappa shape index (κ2) is 10.1. The van der Waals surface area contributed by atoms with Crippen molar-refractivity contribution in [2.75, 3.05) is 19.0 Å². The molecule has 0 aliphatic carbocycles. The first-order valence-corrected chi connectivity index (χ1v) is 11.3. The lowest BCUT2D eigenvalue weighted by Crippen LogP contribution is -2.27. The second-order valence-electron chi connectivity index (χ2n) is 6.51. The topological polar surface area (TPSA) is 86.4 Å². The summed E-state index contributed by atoms with van der Waals surface area (Å²) in [5.41, 5.74) is 0.931. The monoisotopic (exact) mass is 435 g/mol. The Balaban J connectivity index is 1.76. The van der Waals surface area contributed by atoms with Gasteiger partial charge in [0, 0.05) is 24.6 Å². The molecular formula is C20H25N3O4S2. The summed E-state index contributed by atoms with van der Waals surface area (Å²) in [6.45, 7) is 7.96. The molecule has 0 aliphatic rings. The van der Waals surface area contributed by atoms with Crippen molar-refractivity contribution in [2.24, 2.45) is 0 Å². The van der Waals surface area contributed by atoms with E-state index in [2.05, 4.69) is 5.32 Å². The normalized spacial score (nSPS) is 11.3. The molecule has 3 rings (SSSR count). The lowest BCUT2D eigenvalue weighted by Gasteiger charge is -2.12. The summed E-state index contributed by atoms with van der Waals surface area (Å²) < 4.78 is 12.3. The third kappa shape index (κ3) is 5.29. The van der Waals surface area contributed by atoms with Crippen LogP contribution in [0.4, 0.5) is 0 Å². The fraction of sp³-hybridized carbons (Fsp3) is 0.450. The van der Waals surface area contributed by atoms with Crippen LogP contribution < -0.4 is 10.9 Å². The van der Waals surface area contributed by atoms with E-state index in [0.717, 1.165) is 15.3 Å². The number of hydrogen-bond donors (Lipinski definition) is 1. The van der Waals surface area contributed by atoms with Gasteiger partial charge in [-0.2, -0.15) is 0 Å². The Hall–Kier alpha value is -2.10. The number of aryl methyl sites for hydroxylation is 2. The Morgan fingerprint density at radius 3 is 2.97 bits per heavy atom. The molecule has 3 aromatic heterocycles. The van der Waals surface area contributed by atoms with Crippen LogP contribution in [-0.4, -0.2) is 34.4 Å². The zero-order chi connectivity index (χ0) is 20.8. The quantitative estimate of drug-likeness (QED) is 0.298. The van der Waals surface area contributed by atoms with E-state index in [1.54, 1.807) is 23.0 Å².